The van der Waals surface area contributed by atoms with Crippen molar-refractivity contribution in [2.45, 2.75) is 47.5 Å². The van der Waals surface area contributed by atoms with E-state index in [-0.39, 0.29) is 18.2 Å². The number of benzene rings is 2. The first-order valence-corrected chi connectivity index (χ1v) is 10.4. The van der Waals surface area contributed by atoms with E-state index in [2.05, 4.69) is 37.1 Å². The van der Waals surface area contributed by atoms with Crippen LogP contribution in [0.3, 0.4) is 0 Å². The van der Waals surface area contributed by atoms with Crippen LogP contribution in [-0.2, 0) is 16.0 Å². The van der Waals surface area contributed by atoms with Gasteiger partial charge in [-0.1, -0.05) is 25.1 Å². The molecule has 2 aromatic carbocycles. The van der Waals surface area contributed by atoms with Gasteiger partial charge in [0.05, 0.1) is 0 Å². The molecule has 0 saturated carbocycles. The van der Waals surface area contributed by atoms with Gasteiger partial charge in [0.15, 0.2) is 0 Å². The minimum atomic E-state index is -0.0884. The highest BCUT2D eigenvalue weighted by molar-refractivity contribution is 5.95. The minimum Gasteiger partial charge on any atom is -0.372 e. The lowest BCUT2D eigenvalue weighted by atomic mass is 10.1. The van der Waals surface area contributed by atoms with E-state index in [1.54, 1.807) is 11.8 Å². The summed E-state index contributed by atoms with van der Waals surface area (Å²) in [6.07, 6.45) is 1.10. The number of nitrogens with one attached hydrogen (secondary N) is 1. The average molecular weight is 396 g/mol. The second kappa shape index (κ2) is 10.6. The number of para-hydroxylation sites is 1. The first-order valence-electron chi connectivity index (χ1n) is 10.4. The van der Waals surface area contributed by atoms with Gasteiger partial charge in [-0.15, -0.1) is 0 Å². The third-order valence-corrected chi connectivity index (χ3v) is 5.21. The molecule has 5 heteroatoms. The van der Waals surface area contributed by atoms with Gasteiger partial charge in [-0.2, -0.15) is 0 Å². The molecule has 156 valence electrons. The average Bonchev–Trinajstić information content (AvgIpc) is 2.70. The molecule has 5 nitrogen and oxygen atoms in total. The molecule has 0 saturated heterocycles. The van der Waals surface area contributed by atoms with E-state index in [1.807, 2.05) is 43.3 Å². The maximum atomic E-state index is 12.5. The van der Waals surface area contributed by atoms with E-state index >= 15 is 0 Å². The maximum Gasteiger partial charge on any atom is 0.226 e. The Morgan fingerprint density at radius 2 is 1.69 bits per heavy atom. The van der Waals surface area contributed by atoms with E-state index in [1.165, 1.54) is 0 Å². The van der Waals surface area contributed by atoms with Gasteiger partial charge >= 0.3 is 0 Å². The Morgan fingerprint density at radius 1 is 1.00 bits per heavy atom. The summed E-state index contributed by atoms with van der Waals surface area (Å²) >= 11 is 0. The van der Waals surface area contributed by atoms with Crippen molar-refractivity contribution in [3.8, 4) is 0 Å². The van der Waals surface area contributed by atoms with Crippen molar-refractivity contribution in [2.75, 3.05) is 34.8 Å². The lowest BCUT2D eigenvalue weighted by molar-refractivity contribution is -0.117. The predicted molar refractivity (Wildman–Crippen MR) is 122 cm³/mol. The summed E-state index contributed by atoms with van der Waals surface area (Å²) in [4.78, 5) is 28.7. The molecule has 0 fully saturated rings. The van der Waals surface area contributed by atoms with Crippen LogP contribution in [0.25, 0.3) is 0 Å². The molecule has 2 aromatic rings. The third kappa shape index (κ3) is 5.83. The van der Waals surface area contributed by atoms with Crippen molar-refractivity contribution in [1.82, 2.24) is 0 Å². The van der Waals surface area contributed by atoms with Gasteiger partial charge in [0.25, 0.3) is 0 Å². The van der Waals surface area contributed by atoms with Crippen LogP contribution in [0.1, 0.15) is 45.2 Å². The van der Waals surface area contributed by atoms with Crippen LogP contribution < -0.4 is 15.1 Å². The number of hydrogen-bond acceptors (Lipinski definition) is 3. The number of anilines is 3. The van der Waals surface area contributed by atoms with E-state index in [4.69, 9.17) is 0 Å². The Morgan fingerprint density at radius 3 is 2.28 bits per heavy atom. The Hall–Kier alpha value is -2.82. The van der Waals surface area contributed by atoms with E-state index in [0.717, 1.165) is 47.7 Å². The molecule has 0 unspecified atom stereocenters. The fourth-order valence-electron chi connectivity index (χ4n) is 3.55. The summed E-state index contributed by atoms with van der Waals surface area (Å²) in [6.45, 7) is 12.1. The molecule has 2 amide bonds. The van der Waals surface area contributed by atoms with Gasteiger partial charge < -0.3 is 15.1 Å². The van der Waals surface area contributed by atoms with Crippen molar-refractivity contribution in [3.63, 3.8) is 0 Å². The Labute approximate surface area is 174 Å². The molecule has 0 atom stereocenters. The second-order valence-corrected chi connectivity index (χ2v) is 7.12. The van der Waals surface area contributed by atoms with Gasteiger partial charge in [0.2, 0.25) is 11.8 Å². The molecule has 0 aliphatic heterocycles. The predicted octanol–water partition coefficient (Wildman–Crippen LogP) is 4.79. The zero-order valence-electron chi connectivity index (χ0n) is 18.3. The SMILES string of the molecule is CCc1ccccc1NC(=O)CCN(C(C)=O)c1ccc(N(CC)CC)cc1C. The zero-order valence-corrected chi connectivity index (χ0v) is 18.3. The maximum absolute atomic E-state index is 12.5. The molecule has 0 aliphatic rings. The van der Waals surface area contributed by atoms with Crippen LogP contribution in [0.4, 0.5) is 17.1 Å². The smallest absolute Gasteiger partial charge is 0.226 e. The number of carbonyl (C=O) groups excluding carboxylic acids is 2. The molecule has 29 heavy (non-hydrogen) atoms. The number of rotatable bonds is 9. The standard InChI is InChI=1S/C24H33N3O2/c1-6-20-11-9-10-12-22(20)25-24(29)15-16-27(19(5)28)23-14-13-21(17-18(23)4)26(7-2)8-3/h9-14,17H,6-8,15-16H2,1-5H3,(H,25,29). The van der Waals surface area contributed by atoms with Crippen molar-refractivity contribution < 1.29 is 9.59 Å². The quantitative estimate of drug-likeness (QED) is 0.664. The van der Waals surface area contributed by atoms with Crippen molar-refractivity contribution in [1.29, 1.82) is 0 Å². The molecular weight excluding hydrogens is 362 g/mol. The summed E-state index contributed by atoms with van der Waals surface area (Å²) in [6, 6.07) is 13.9. The van der Waals surface area contributed by atoms with Crippen molar-refractivity contribution in [2.24, 2.45) is 0 Å². The number of hydrogen-bond donors (Lipinski definition) is 1. The lowest BCUT2D eigenvalue weighted by Gasteiger charge is -2.26. The summed E-state index contributed by atoms with van der Waals surface area (Å²) in [5.74, 6) is -0.153. The van der Waals surface area contributed by atoms with Crippen LogP contribution in [0.15, 0.2) is 42.5 Å². The van der Waals surface area contributed by atoms with E-state index in [0.29, 0.717) is 6.54 Å². The molecule has 0 bridgehead atoms. The topological polar surface area (TPSA) is 52.7 Å². The third-order valence-electron chi connectivity index (χ3n) is 5.21. The van der Waals surface area contributed by atoms with Gasteiger partial charge in [-0.05, 0) is 62.6 Å². The molecule has 0 radical (unpaired) electrons. The summed E-state index contributed by atoms with van der Waals surface area (Å²) in [7, 11) is 0. The Balaban J connectivity index is 2.10. The summed E-state index contributed by atoms with van der Waals surface area (Å²) < 4.78 is 0. The Kier molecular flexibility index (Phi) is 8.25. The summed E-state index contributed by atoms with van der Waals surface area (Å²) in [5, 5.41) is 2.98. The van der Waals surface area contributed by atoms with Crippen molar-refractivity contribution in [3.05, 3.63) is 53.6 Å². The zero-order chi connectivity index (χ0) is 21.4. The number of aryl methyl sites for hydroxylation is 2. The fraction of sp³-hybridized carbons (Fsp3) is 0.417. The molecule has 0 aliphatic carbocycles. The summed E-state index contributed by atoms with van der Waals surface area (Å²) in [5.41, 5.74) is 4.98. The van der Waals surface area contributed by atoms with E-state index in [9.17, 15) is 9.59 Å². The first-order chi connectivity index (χ1) is 13.9. The highest BCUT2D eigenvalue weighted by Crippen LogP contribution is 2.26. The molecular formula is C24H33N3O2. The molecule has 1 N–H and O–H groups in total. The van der Waals surface area contributed by atoms with Crippen LogP contribution in [-0.4, -0.2) is 31.4 Å². The highest BCUT2D eigenvalue weighted by atomic mass is 16.2. The Bertz CT molecular complexity index is 844. The van der Waals surface area contributed by atoms with Gasteiger partial charge in [0, 0.05) is 50.0 Å². The molecule has 0 aromatic heterocycles. The second-order valence-electron chi connectivity index (χ2n) is 7.12. The molecule has 0 heterocycles. The normalized spacial score (nSPS) is 10.5. The van der Waals surface area contributed by atoms with Gasteiger partial charge in [-0.3, -0.25) is 9.59 Å². The minimum absolute atomic E-state index is 0.0644. The highest BCUT2D eigenvalue weighted by Gasteiger charge is 2.17. The first kappa shape index (κ1) is 22.5. The van der Waals surface area contributed by atoms with E-state index < -0.39 is 0 Å². The van der Waals surface area contributed by atoms with Crippen LogP contribution >= 0.6 is 0 Å². The van der Waals surface area contributed by atoms with Gasteiger partial charge in [-0.25, -0.2) is 0 Å². The monoisotopic (exact) mass is 395 g/mol. The number of nitrogens with zero attached hydrogens (tertiary/aromatic N) is 2. The molecule has 2 rings (SSSR count). The number of amides is 2. The van der Waals surface area contributed by atoms with Crippen LogP contribution in [0, 0.1) is 6.92 Å². The fourth-order valence-corrected chi connectivity index (χ4v) is 3.55. The van der Waals surface area contributed by atoms with Gasteiger partial charge in [0.1, 0.15) is 0 Å². The largest absolute Gasteiger partial charge is 0.372 e. The lowest BCUT2D eigenvalue weighted by Crippen LogP contribution is -2.32. The van der Waals surface area contributed by atoms with Crippen LogP contribution in [0.5, 0.6) is 0 Å². The van der Waals surface area contributed by atoms with Crippen LogP contribution in [0.2, 0.25) is 0 Å². The number of carbonyl (C=O) groups is 2. The van der Waals surface area contributed by atoms with Crippen molar-refractivity contribution >= 4 is 28.9 Å². The molecule has 0 spiro atoms.